The number of hydrogen-bond acceptors (Lipinski definition) is 4. The lowest BCUT2D eigenvalue weighted by Crippen LogP contribution is -2.24. The van der Waals surface area contributed by atoms with Gasteiger partial charge in [-0.15, -0.1) is 0 Å². The molecule has 3 rings (SSSR count). The van der Waals surface area contributed by atoms with Crippen molar-refractivity contribution in [2.24, 2.45) is 0 Å². The maximum absolute atomic E-state index is 12.0. The van der Waals surface area contributed by atoms with E-state index in [-0.39, 0.29) is 18.6 Å². The Bertz CT molecular complexity index is 604. The van der Waals surface area contributed by atoms with Crippen molar-refractivity contribution in [3.8, 4) is 11.3 Å². The summed E-state index contributed by atoms with van der Waals surface area (Å²) >= 11 is 0. The summed E-state index contributed by atoms with van der Waals surface area (Å²) in [5.41, 5.74) is 1.61. The monoisotopic (exact) mass is 300 g/mol. The summed E-state index contributed by atoms with van der Waals surface area (Å²) < 4.78 is 10.9. The predicted octanol–water partition coefficient (Wildman–Crippen LogP) is 3.63. The fraction of sp³-hybridized carbons (Fsp3) is 0.412. The third-order valence-electron chi connectivity index (χ3n) is 3.87. The van der Waals surface area contributed by atoms with Crippen molar-refractivity contribution in [2.45, 2.75) is 38.2 Å². The lowest BCUT2D eigenvalue weighted by molar-refractivity contribution is -0.123. The van der Waals surface area contributed by atoms with Gasteiger partial charge in [-0.05, 0) is 25.0 Å². The summed E-state index contributed by atoms with van der Waals surface area (Å²) in [5.74, 6) is 0.551. The number of amides is 1. The van der Waals surface area contributed by atoms with E-state index < -0.39 is 0 Å². The highest BCUT2D eigenvalue weighted by molar-refractivity contribution is 5.92. The molecular formula is C17H20N2O3. The molecule has 2 aromatic rings. The summed E-state index contributed by atoms with van der Waals surface area (Å²) in [6.45, 7) is 0.108. The highest BCUT2D eigenvalue weighted by Crippen LogP contribution is 2.22. The summed E-state index contributed by atoms with van der Waals surface area (Å²) in [6.07, 6.45) is 9.08. The SMILES string of the molecule is O=C(COC1CCCCC1)Nc1cccc(-c2cnco2)c1. The molecule has 0 spiro atoms. The number of aromatic nitrogens is 1. The van der Waals surface area contributed by atoms with E-state index in [0.29, 0.717) is 5.76 Å². The Hall–Kier alpha value is -2.14. The first-order chi connectivity index (χ1) is 10.8. The zero-order chi connectivity index (χ0) is 15.2. The van der Waals surface area contributed by atoms with E-state index in [1.54, 1.807) is 6.20 Å². The molecule has 1 aromatic heterocycles. The number of hydrogen-bond donors (Lipinski definition) is 1. The zero-order valence-electron chi connectivity index (χ0n) is 12.5. The van der Waals surface area contributed by atoms with E-state index in [4.69, 9.17) is 9.15 Å². The molecule has 1 saturated carbocycles. The molecule has 1 amide bonds. The normalized spacial score (nSPS) is 15.6. The first kappa shape index (κ1) is 14.8. The Balaban J connectivity index is 1.54. The molecule has 5 heteroatoms. The van der Waals surface area contributed by atoms with Crippen LogP contribution in [0.15, 0.2) is 41.3 Å². The number of nitrogens with one attached hydrogen (secondary N) is 1. The molecule has 116 valence electrons. The third-order valence-corrected chi connectivity index (χ3v) is 3.87. The van der Waals surface area contributed by atoms with Crippen LogP contribution in [-0.4, -0.2) is 23.6 Å². The van der Waals surface area contributed by atoms with Crippen LogP contribution in [0.3, 0.4) is 0 Å². The number of carbonyl (C=O) groups is 1. The van der Waals surface area contributed by atoms with E-state index >= 15 is 0 Å². The molecular weight excluding hydrogens is 280 g/mol. The van der Waals surface area contributed by atoms with Crippen molar-refractivity contribution in [2.75, 3.05) is 11.9 Å². The van der Waals surface area contributed by atoms with Crippen molar-refractivity contribution in [3.63, 3.8) is 0 Å². The fourth-order valence-corrected chi connectivity index (χ4v) is 2.73. The van der Waals surface area contributed by atoms with E-state index in [1.807, 2.05) is 24.3 Å². The molecule has 0 atom stereocenters. The van der Waals surface area contributed by atoms with Crippen LogP contribution in [0.5, 0.6) is 0 Å². The lowest BCUT2D eigenvalue weighted by Gasteiger charge is -2.21. The van der Waals surface area contributed by atoms with Gasteiger partial charge >= 0.3 is 0 Å². The number of benzene rings is 1. The standard InChI is InChI=1S/C17H20N2O3/c20-17(11-21-15-7-2-1-3-8-15)19-14-6-4-5-13(9-14)16-10-18-12-22-16/h4-6,9-10,12,15H,1-3,7-8,11H2,(H,19,20). The molecule has 0 aliphatic heterocycles. The second-order valence-electron chi connectivity index (χ2n) is 5.57. The molecule has 0 unspecified atom stereocenters. The van der Waals surface area contributed by atoms with Gasteiger partial charge in [0.15, 0.2) is 12.2 Å². The Morgan fingerprint density at radius 3 is 2.95 bits per heavy atom. The topological polar surface area (TPSA) is 64.4 Å². The van der Waals surface area contributed by atoms with Gasteiger partial charge in [0, 0.05) is 11.3 Å². The minimum Gasteiger partial charge on any atom is -0.444 e. The molecule has 5 nitrogen and oxygen atoms in total. The van der Waals surface area contributed by atoms with E-state index in [2.05, 4.69) is 10.3 Å². The molecule has 1 aliphatic carbocycles. The molecule has 1 heterocycles. The Labute approximate surface area is 129 Å². The van der Waals surface area contributed by atoms with Crippen molar-refractivity contribution in [1.82, 2.24) is 4.98 Å². The van der Waals surface area contributed by atoms with Gasteiger partial charge in [0.25, 0.3) is 0 Å². The summed E-state index contributed by atoms with van der Waals surface area (Å²) in [5, 5.41) is 2.86. The average Bonchev–Trinajstić information content (AvgIpc) is 3.09. The number of nitrogens with zero attached hydrogens (tertiary/aromatic N) is 1. The zero-order valence-corrected chi connectivity index (χ0v) is 12.5. The smallest absolute Gasteiger partial charge is 0.250 e. The molecule has 0 radical (unpaired) electrons. The van der Waals surface area contributed by atoms with Crippen LogP contribution in [0.4, 0.5) is 5.69 Å². The molecule has 0 saturated heterocycles. The van der Waals surface area contributed by atoms with Gasteiger partial charge in [-0.25, -0.2) is 4.98 Å². The fourth-order valence-electron chi connectivity index (χ4n) is 2.73. The van der Waals surface area contributed by atoms with Crippen molar-refractivity contribution >= 4 is 11.6 Å². The van der Waals surface area contributed by atoms with Crippen molar-refractivity contribution < 1.29 is 13.9 Å². The first-order valence-electron chi connectivity index (χ1n) is 7.71. The average molecular weight is 300 g/mol. The van der Waals surface area contributed by atoms with E-state index in [0.717, 1.165) is 24.1 Å². The Kier molecular flexibility index (Phi) is 4.85. The summed E-state index contributed by atoms with van der Waals surface area (Å²) in [7, 11) is 0. The van der Waals surface area contributed by atoms with Gasteiger partial charge in [0.2, 0.25) is 5.91 Å². The van der Waals surface area contributed by atoms with Crippen molar-refractivity contribution in [3.05, 3.63) is 36.9 Å². The minimum atomic E-state index is -0.125. The van der Waals surface area contributed by atoms with Gasteiger partial charge < -0.3 is 14.5 Å². The van der Waals surface area contributed by atoms with E-state index in [1.165, 1.54) is 25.7 Å². The van der Waals surface area contributed by atoms with Gasteiger partial charge in [0.1, 0.15) is 6.61 Å². The Morgan fingerprint density at radius 1 is 1.32 bits per heavy atom. The van der Waals surface area contributed by atoms with Gasteiger partial charge in [-0.3, -0.25) is 4.79 Å². The van der Waals surface area contributed by atoms with Gasteiger partial charge in [-0.1, -0.05) is 31.4 Å². The third kappa shape index (κ3) is 3.95. The second-order valence-corrected chi connectivity index (χ2v) is 5.57. The largest absolute Gasteiger partial charge is 0.444 e. The first-order valence-corrected chi connectivity index (χ1v) is 7.71. The highest BCUT2D eigenvalue weighted by atomic mass is 16.5. The maximum Gasteiger partial charge on any atom is 0.250 e. The lowest BCUT2D eigenvalue weighted by atomic mass is 9.98. The molecule has 0 bridgehead atoms. The number of anilines is 1. The van der Waals surface area contributed by atoms with E-state index in [9.17, 15) is 4.79 Å². The maximum atomic E-state index is 12.0. The number of carbonyl (C=O) groups excluding carboxylic acids is 1. The van der Waals surface area contributed by atoms with Crippen LogP contribution < -0.4 is 5.32 Å². The van der Waals surface area contributed by atoms with Crippen LogP contribution in [0, 0.1) is 0 Å². The molecule has 1 aliphatic rings. The summed E-state index contributed by atoms with van der Waals surface area (Å²) in [4.78, 5) is 15.9. The summed E-state index contributed by atoms with van der Waals surface area (Å²) in [6, 6.07) is 7.49. The number of oxazole rings is 1. The highest BCUT2D eigenvalue weighted by Gasteiger charge is 2.15. The predicted molar refractivity (Wildman–Crippen MR) is 83.4 cm³/mol. The van der Waals surface area contributed by atoms with Crippen LogP contribution in [-0.2, 0) is 9.53 Å². The number of ether oxygens (including phenoxy) is 1. The van der Waals surface area contributed by atoms with Crippen LogP contribution in [0.1, 0.15) is 32.1 Å². The molecule has 1 fully saturated rings. The molecule has 1 N–H and O–H groups in total. The van der Waals surface area contributed by atoms with Crippen LogP contribution in [0.25, 0.3) is 11.3 Å². The second kappa shape index (κ2) is 7.22. The van der Waals surface area contributed by atoms with Crippen molar-refractivity contribution in [1.29, 1.82) is 0 Å². The van der Waals surface area contributed by atoms with Gasteiger partial charge in [-0.2, -0.15) is 0 Å². The van der Waals surface area contributed by atoms with Crippen LogP contribution in [0.2, 0.25) is 0 Å². The molecule has 1 aromatic carbocycles. The van der Waals surface area contributed by atoms with Crippen LogP contribution >= 0.6 is 0 Å². The quantitative estimate of drug-likeness (QED) is 0.915. The minimum absolute atomic E-state index is 0.108. The Morgan fingerprint density at radius 2 is 2.18 bits per heavy atom. The molecule has 22 heavy (non-hydrogen) atoms. The van der Waals surface area contributed by atoms with Gasteiger partial charge in [0.05, 0.1) is 12.3 Å². The number of rotatable bonds is 5.